The van der Waals surface area contributed by atoms with Crippen molar-refractivity contribution in [1.82, 2.24) is 0 Å². The first-order valence-corrected chi connectivity index (χ1v) is 6.83. The summed E-state index contributed by atoms with van der Waals surface area (Å²) in [6.07, 6.45) is 0.00160. The number of rotatable bonds is 5. The topological polar surface area (TPSA) is 29.5 Å². The minimum absolute atomic E-state index is 0.0693. The zero-order chi connectivity index (χ0) is 14.5. The molecule has 0 aliphatic carbocycles. The maximum absolute atomic E-state index is 13.6. The fourth-order valence-electron chi connectivity index (χ4n) is 1.92. The molecule has 0 aliphatic heterocycles. The zero-order valence-corrected chi connectivity index (χ0v) is 11.9. The second-order valence-corrected chi connectivity index (χ2v) is 4.92. The average molecular weight is 295 g/mol. The standard InChI is InChI=1S/C16H16ClFO2/c1-2-15(19)13-5-3-4-6-16(13)20-10-11-9-12(17)7-8-14(11)18/h3-9,15,19H,2,10H2,1H3/t15-/m0/s1. The predicted octanol–water partition coefficient (Wildman–Crippen LogP) is 4.50. The fourth-order valence-corrected chi connectivity index (χ4v) is 2.11. The summed E-state index contributed by atoms with van der Waals surface area (Å²) in [5.41, 5.74) is 1.09. The van der Waals surface area contributed by atoms with Crippen LogP contribution < -0.4 is 4.74 Å². The molecule has 0 bridgehead atoms. The van der Waals surface area contributed by atoms with E-state index in [9.17, 15) is 9.50 Å². The lowest BCUT2D eigenvalue weighted by Gasteiger charge is -2.15. The molecule has 0 spiro atoms. The van der Waals surface area contributed by atoms with Gasteiger partial charge in [-0.15, -0.1) is 0 Å². The molecular weight excluding hydrogens is 279 g/mol. The van der Waals surface area contributed by atoms with Gasteiger partial charge < -0.3 is 9.84 Å². The van der Waals surface area contributed by atoms with Gasteiger partial charge in [-0.1, -0.05) is 36.7 Å². The molecule has 4 heteroatoms. The van der Waals surface area contributed by atoms with E-state index in [0.717, 1.165) is 0 Å². The van der Waals surface area contributed by atoms with Crippen LogP contribution in [0.4, 0.5) is 4.39 Å². The Kier molecular flexibility index (Phi) is 4.99. The van der Waals surface area contributed by atoms with Crippen molar-refractivity contribution in [2.24, 2.45) is 0 Å². The van der Waals surface area contributed by atoms with Crippen LogP contribution in [0.2, 0.25) is 5.02 Å². The Hall–Kier alpha value is -1.58. The lowest BCUT2D eigenvalue weighted by molar-refractivity contribution is 0.166. The van der Waals surface area contributed by atoms with E-state index in [1.807, 2.05) is 19.1 Å². The lowest BCUT2D eigenvalue weighted by Crippen LogP contribution is -2.03. The van der Waals surface area contributed by atoms with E-state index in [1.165, 1.54) is 18.2 Å². The summed E-state index contributed by atoms with van der Waals surface area (Å²) < 4.78 is 19.2. The first kappa shape index (κ1) is 14.8. The van der Waals surface area contributed by atoms with Crippen molar-refractivity contribution >= 4 is 11.6 Å². The van der Waals surface area contributed by atoms with E-state index in [1.54, 1.807) is 12.1 Å². The van der Waals surface area contributed by atoms with Crippen molar-refractivity contribution in [2.75, 3.05) is 0 Å². The summed E-state index contributed by atoms with van der Waals surface area (Å²) >= 11 is 5.84. The number of halogens is 2. The highest BCUT2D eigenvalue weighted by molar-refractivity contribution is 6.30. The SMILES string of the molecule is CC[C@H](O)c1ccccc1OCc1cc(Cl)ccc1F. The number of para-hydroxylation sites is 1. The van der Waals surface area contributed by atoms with E-state index < -0.39 is 6.10 Å². The van der Waals surface area contributed by atoms with Crippen molar-refractivity contribution in [3.8, 4) is 5.75 Å². The van der Waals surface area contributed by atoms with Crippen LogP contribution >= 0.6 is 11.6 Å². The summed E-state index contributed by atoms with van der Waals surface area (Å²) in [6, 6.07) is 11.6. The molecular formula is C16H16ClFO2. The molecule has 0 aromatic heterocycles. The third-order valence-electron chi connectivity index (χ3n) is 3.06. The molecule has 1 atom stereocenters. The minimum atomic E-state index is -0.588. The molecule has 0 amide bonds. The number of hydrogen-bond donors (Lipinski definition) is 1. The van der Waals surface area contributed by atoms with E-state index >= 15 is 0 Å². The minimum Gasteiger partial charge on any atom is -0.488 e. The Bertz CT molecular complexity index is 586. The summed E-state index contributed by atoms with van der Waals surface area (Å²) in [5.74, 6) is 0.198. The smallest absolute Gasteiger partial charge is 0.129 e. The Morgan fingerprint density at radius 1 is 1.25 bits per heavy atom. The van der Waals surface area contributed by atoms with Crippen molar-refractivity contribution in [1.29, 1.82) is 0 Å². The molecule has 2 aromatic rings. The summed E-state index contributed by atoms with van der Waals surface area (Å²) in [5, 5.41) is 10.4. The molecule has 0 saturated carbocycles. The number of ether oxygens (including phenoxy) is 1. The molecule has 1 N–H and O–H groups in total. The molecule has 2 aromatic carbocycles. The van der Waals surface area contributed by atoms with Gasteiger partial charge in [-0.05, 0) is 30.7 Å². The average Bonchev–Trinajstić information content (AvgIpc) is 2.47. The molecule has 20 heavy (non-hydrogen) atoms. The van der Waals surface area contributed by atoms with Crippen LogP contribution in [0.3, 0.4) is 0 Å². The Morgan fingerprint density at radius 3 is 2.75 bits per heavy atom. The van der Waals surface area contributed by atoms with Crippen molar-refractivity contribution < 1.29 is 14.2 Å². The zero-order valence-electron chi connectivity index (χ0n) is 11.1. The summed E-state index contributed by atoms with van der Waals surface area (Å²) in [4.78, 5) is 0. The van der Waals surface area contributed by atoms with Crippen LogP contribution in [0.25, 0.3) is 0 Å². The van der Waals surface area contributed by atoms with E-state index in [-0.39, 0.29) is 12.4 Å². The van der Waals surface area contributed by atoms with Crippen LogP contribution in [0.1, 0.15) is 30.6 Å². The molecule has 2 nitrogen and oxygen atoms in total. The molecule has 0 fully saturated rings. The van der Waals surface area contributed by atoms with Gasteiger partial charge in [0, 0.05) is 16.1 Å². The molecule has 106 valence electrons. The van der Waals surface area contributed by atoms with Gasteiger partial charge >= 0.3 is 0 Å². The van der Waals surface area contributed by atoms with E-state index in [0.29, 0.717) is 28.3 Å². The van der Waals surface area contributed by atoms with E-state index in [2.05, 4.69) is 0 Å². The number of hydrogen-bond acceptors (Lipinski definition) is 2. The summed E-state index contributed by atoms with van der Waals surface area (Å²) in [7, 11) is 0. The second kappa shape index (κ2) is 6.73. The number of aliphatic hydroxyl groups excluding tert-OH is 1. The highest BCUT2D eigenvalue weighted by Gasteiger charge is 2.12. The van der Waals surface area contributed by atoms with Crippen LogP contribution in [-0.4, -0.2) is 5.11 Å². The third kappa shape index (κ3) is 3.50. The van der Waals surface area contributed by atoms with Gasteiger partial charge in [-0.3, -0.25) is 0 Å². The van der Waals surface area contributed by atoms with Gasteiger partial charge in [0.15, 0.2) is 0 Å². The Labute approximate surface area is 122 Å². The van der Waals surface area contributed by atoms with Crippen molar-refractivity contribution in [2.45, 2.75) is 26.1 Å². The lowest BCUT2D eigenvalue weighted by atomic mass is 10.1. The monoisotopic (exact) mass is 294 g/mol. The predicted molar refractivity (Wildman–Crippen MR) is 77.4 cm³/mol. The quantitative estimate of drug-likeness (QED) is 0.879. The van der Waals surface area contributed by atoms with Gasteiger partial charge in [-0.25, -0.2) is 4.39 Å². The largest absolute Gasteiger partial charge is 0.488 e. The van der Waals surface area contributed by atoms with Crippen molar-refractivity contribution in [3.05, 3.63) is 64.4 Å². The number of aliphatic hydroxyl groups is 1. The van der Waals surface area contributed by atoms with Gasteiger partial charge in [-0.2, -0.15) is 0 Å². The molecule has 0 unspecified atom stereocenters. The van der Waals surface area contributed by atoms with Gasteiger partial charge in [0.25, 0.3) is 0 Å². The number of benzene rings is 2. The highest BCUT2D eigenvalue weighted by Crippen LogP contribution is 2.28. The van der Waals surface area contributed by atoms with Crippen LogP contribution in [0.15, 0.2) is 42.5 Å². The van der Waals surface area contributed by atoms with Crippen LogP contribution in [0, 0.1) is 5.82 Å². The molecule has 0 aliphatic rings. The third-order valence-corrected chi connectivity index (χ3v) is 3.29. The van der Waals surface area contributed by atoms with Crippen LogP contribution in [-0.2, 0) is 6.61 Å². The molecule has 2 rings (SSSR count). The normalized spacial score (nSPS) is 12.2. The highest BCUT2D eigenvalue weighted by atomic mass is 35.5. The maximum atomic E-state index is 13.6. The Balaban J connectivity index is 2.17. The van der Waals surface area contributed by atoms with Gasteiger partial charge in [0.2, 0.25) is 0 Å². The summed E-state index contributed by atoms with van der Waals surface area (Å²) in [6.45, 7) is 1.96. The molecule has 0 radical (unpaired) electrons. The van der Waals surface area contributed by atoms with Crippen LogP contribution in [0.5, 0.6) is 5.75 Å². The first-order chi connectivity index (χ1) is 9.61. The van der Waals surface area contributed by atoms with E-state index in [4.69, 9.17) is 16.3 Å². The molecule has 0 heterocycles. The van der Waals surface area contributed by atoms with Gasteiger partial charge in [0.1, 0.15) is 18.2 Å². The van der Waals surface area contributed by atoms with Gasteiger partial charge in [0.05, 0.1) is 6.10 Å². The Morgan fingerprint density at radius 2 is 2.00 bits per heavy atom. The first-order valence-electron chi connectivity index (χ1n) is 6.45. The second-order valence-electron chi connectivity index (χ2n) is 4.49. The fraction of sp³-hybridized carbons (Fsp3) is 0.250. The molecule has 0 saturated heterocycles. The van der Waals surface area contributed by atoms with Crippen molar-refractivity contribution in [3.63, 3.8) is 0 Å². The maximum Gasteiger partial charge on any atom is 0.129 e.